The van der Waals surface area contributed by atoms with E-state index in [0.29, 0.717) is 15.5 Å². The molecule has 0 spiro atoms. The van der Waals surface area contributed by atoms with Gasteiger partial charge in [-0.1, -0.05) is 54.1 Å². The highest BCUT2D eigenvalue weighted by Crippen LogP contribution is 2.33. The van der Waals surface area contributed by atoms with Crippen LogP contribution in [0.2, 0.25) is 5.02 Å². The van der Waals surface area contributed by atoms with Gasteiger partial charge in [0, 0.05) is 5.02 Å². The molecule has 1 heterocycles. The molecule has 0 unspecified atom stereocenters. The second kappa shape index (κ2) is 9.74. The first-order valence-corrected chi connectivity index (χ1v) is 10.5. The highest BCUT2D eigenvalue weighted by atomic mass is 35.5. The number of aldehydes is 1. The number of halogens is 1. The Kier molecular flexibility index (Phi) is 7.08. The van der Waals surface area contributed by atoms with Crippen LogP contribution >= 0.6 is 23.4 Å². The summed E-state index contributed by atoms with van der Waals surface area (Å²) in [5.74, 6) is -0.303. The van der Waals surface area contributed by atoms with E-state index in [9.17, 15) is 14.4 Å². The Morgan fingerprint density at radius 3 is 2.23 bits per heavy atom. The van der Waals surface area contributed by atoms with Crippen LogP contribution < -0.4 is 0 Å². The maximum absolute atomic E-state index is 12.7. The van der Waals surface area contributed by atoms with Gasteiger partial charge in [-0.15, -0.1) is 0 Å². The van der Waals surface area contributed by atoms with E-state index in [0.717, 1.165) is 40.3 Å². The molecule has 1 fully saturated rings. The van der Waals surface area contributed by atoms with Crippen molar-refractivity contribution in [2.75, 3.05) is 0 Å². The maximum Gasteiger partial charge on any atom is 0.293 e. The van der Waals surface area contributed by atoms with Crippen LogP contribution in [0.1, 0.15) is 30.5 Å². The third-order valence-electron chi connectivity index (χ3n) is 4.37. The summed E-state index contributed by atoms with van der Waals surface area (Å²) in [5.41, 5.74) is 4.22. The van der Waals surface area contributed by atoms with Crippen molar-refractivity contribution in [2.45, 2.75) is 20.4 Å². The number of hydrogen-bond donors (Lipinski definition) is 0. The molecule has 1 saturated heterocycles. The number of thioether (sulfide) groups is 1. The predicted molar refractivity (Wildman–Crippen MR) is 123 cm³/mol. The fourth-order valence-corrected chi connectivity index (χ4v) is 4.05. The molecule has 1 aliphatic heterocycles. The van der Waals surface area contributed by atoms with Gasteiger partial charge in [0.2, 0.25) is 0 Å². The third kappa shape index (κ3) is 5.59. The fourth-order valence-electron chi connectivity index (χ4n) is 2.95. The lowest BCUT2D eigenvalue weighted by Gasteiger charge is -2.12. The van der Waals surface area contributed by atoms with E-state index in [1.54, 1.807) is 31.2 Å². The maximum atomic E-state index is 12.7. The predicted octanol–water partition coefficient (Wildman–Crippen LogP) is 6.13. The van der Waals surface area contributed by atoms with Crippen molar-refractivity contribution in [3.63, 3.8) is 0 Å². The van der Waals surface area contributed by atoms with Crippen molar-refractivity contribution in [2.24, 2.45) is 0 Å². The number of carbonyl (C=O) groups is 3. The Balaban J connectivity index is 1.73. The van der Waals surface area contributed by atoms with Crippen LogP contribution in [0.25, 0.3) is 12.2 Å². The topological polar surface area (TPSA) is 54.5 Å². The number of nitrogens with zero attached hydrogens (tertiary/aromatic N) is 1. The number of imide groups is 1. The minimum Gasteiger partial charge on any atom is -0.298 e. The van der Waals surface area contributed by atoms with Gasteiger partial charge in [0.25, 0.3) is 11.1 Å². The van der Waals surface area contributed by atoms with Gasteiger partial charge in [0.15, 0.2) is 0 Å². The smallest absolute Gasteiger partial charge is 0.293 e. The minimum absolute atomic E-state index is 0.195. The van der Waals surface area contributed by atoms with Crippen LogP contribution in [0.3, 0.4) is 0 Å². The Morgan fingerprint density at radius 2 is 1.63 bits per heavy atom. The van der Waals surface area contributed by atoms with Gasteiger partial charge in [-0.05, 0) is 77.7 Å². The Hall–Kier alpha value is -2.89. The van der Waals surface area contributed by atoms with Crippen LogP contribution in [0.5, 0.6) is 0 Å². The summed E-state index contributed by atoms with van der Waals surface area (Å²) in [7, 11) is 0. The first kappa shape index (κ1) is 21.8. The van der Waals surface area contributed by atoms with E-state index in [-0.39, 0.29) is 17.7 Å². The molecule has 2 aromatic carbocycles. The number of allylic oxidation sites excluding steroid dienone is 3. The molecule has 3 rings (SSSR count). The number of rotatable bonds is 6. The molecule has 0 radical (unpaired) electrons. The zero-order valence-corrected chi connectivity index (χ0v) is 18.2. The Morgan fingerprint density at radius 1 is 1.00 bits per heavy atom. The quantitative estimate of drug-likeness (QED) is 0.403. The average molecular weight is 438 g/mol. The molecule has 1 aliphatic rings. The van der Waals surface area contributed by atoms with Crippen LogP contribution in [-0.2, 0) is 16.1 Å². The molecule has 6 heteroatoms. The number of amides is 2. The second-order valence-electron chi connectivity index (χ2n) is 6.96. The first-order chi connectivity index (χ1) is 14.4. The normalized spacial score (nSPS) is 16.5. The largest absolute Gasteiger partial charge is 0.298 e. The van der Waals surface area contributed by atoms with E-state index >= 15 is 0 Å². The molecule has 0 aromatic heterocycles. The van der Waals surface area contributed by atoms with Crippen LogP contribution in [-0.4, -0.2) is 22.3 Å². The molecule has 30 heavy (non-hydrogen) atoms. The molecule has 0 aliphatic carbocycles. The first-order valence-electron chi connectivity index (χ1n) is 9.27. The highest BCUT2D eigenvalue weighted by molar-refractivity contribution is 8.18. The van der Waals surface area contributed by atoms with E-state index in [4.69, 9.17) is 11.6 Å². The summed E-state index contributed by atoms with van der Waals surface area (Å²) in [5, 5.41) is 0.275. The number of benzene rings is 2. The Bertz CT molecular complexity index is 1080. The van der Waals surface area contributed by atoms with Gasteiger partial charge in [-0.2, -0.15) is 0 Å². The lowest BCUT2D eigenvalue weighted by Crippen LogP contribution is -2.27. The van der Waals surface area contributed by atoms with Gasteiger partial charge in [-0.25, -0.2) is 0 Å². The molecule has 2 amide bonds. The highest BCUT2D eigenvalue weighted by Gasteiger charge is 2.34. The van der Waals surface area contributed by atoms with E-state index in [1.165, 1.54) is 4.90 Å². The summed E-state index contributed by atoms with van der Waals surface area (Å²) in [4.78, 5) is 37.4. The van der Waals surface area contributed by atoms with Crippen molar-refractivity contribution in [3.8, 4) is 0 Å². The SMILES string of the molecule is C/C(C=O)=C\c1ccc(/C=C(C)/C=C2\SC(=O)N(Cc3cccc(Cl)c3)C2=O)cc1. The van der Waals surface area contributed by atoms with E-state index in [1.807, 2.05) is 49.4 Å². The number of carbonyl (C=O) groups excluding carboxylic acids is 3. The zero-order chi connectivity index (χ0) is 21.7. The van der Waals surface area contributed by atoms with Crippen molar-refractivity contribution in [3.05, 3.63) is 92.4 Å². The van der Waals surface area contributed by atoms with Gasteiger partial charge in [0.1, 0.15) is 6.29 Å². The van der Waals surface area contributed by atoms with E-state index in [2.05, 4.69) is 0 Å². The molecule has 2 aromatic rings. The molecule has 0 N–H and O–H groups in total. The summed E-state index contributed by atoms with van der Waals surface area (Å²) in [6, 6.07) is 14.8. The molecule has 4 nitrogen and oxygen atoms in total. The number of hydrogen-bond acceptors (Lipinski definition) is 4. The molecule has 152 valence electrons. The monoisotopic (exact) mass is 437 g/mol. The standard InChI is InChI=1S/C24H20ClNO3S/c1-16(10-18-6-8-19(9-7-18)11-17(2)15-27)12-22-23(28)26(24(29)30-22)14-20-4-3-5-21(25)13-20/h3-13,15H,14H2,1-2H3/b16-10+,17-11+,22-12-. The van der Waals surface area contributed by atoms with Crippen LogP contribution in [0.15, 0.2) is 70.7 Å². The van der Waals surface area contributed by atoms with Gasteiger partial charge in [0.05, 0.1) is 11.4 Å². The summed E-state index contributed by atoms with van der Waals surface area (Å²) >= 11 is 6.93. The molecule has 0 bridgehead atoms. The third-order valence-corrected chi connectivity index (χ3v) is 5.52. The zero-order valence-electron chi connectivity index (χ0n) is 16.6. The van der Waals surface area contributed by atoms with Crippen LogP contribution in [0, 0.1) is 0 Å². The summed E-state index contributed by atoms with van der Waals surface area (Å²) < 4.78 is 0. The second-order valence-corrected chi connectivity index (χ2v) is 8.39. The lowest BCUT2D eigenvalue weighted by molar-refractivity contribution is -0.123. The van der Waals surface area contributed by atoms with Gasteiger partial charge >= 0.3 is 0 Å². The van der Waals surface area contributed by atoms with Crippen molar-refractivity contribution in [1.82, 2.24) is 4.90 Å². The molecular weight excluding hydrogens is 418 g/mol. The van der Waals surface area contributed by atoms with Gasteiger partial charge < -0.3 is 0 Å². The Labute approximate surface area is 184 Å². The van der Waals surface area contributed by atoms with Crippen LogP contribution in [0.4, 0.5) is 4.79 Å². The minimum atomic E-state index is -0.303. The van der Waals surface area contributed by atoms with Gasteiger partial charge in [-0.3, -0.25) is 19.3 Å². The van der Waals surface area contributed by atoms with Crippen molar-refractivity contribution in [1.29, 1.82) is 0 Å². The molecule has 0 atom stereocenters. The average Bonchev–Trinajstić information content (AvgIpc) is 2.96. The lowest BCUT2D eigenvalue weighted by atomic mass is 10.1. The van der Waals surface area contributed by atoms with E-state index < -0.39 is 0 Å². The summed E-state index contributed by atoms with van der Waals surface area (Å²) in [6.07, 6.45) is 6.29. The summed E-state index contributed by atoms with van der Waals surface area (Å²) in [6.45, 7) is 3.83. The van der Waals surface area contributed by atoms with Crippen molar-refractivity contribution < 1.29 is 14.4 Å². The molecular formula is C24H20ClNO3S. The molecule has 0 saturated carbocycles. The fraction of sp³-hybridized carbons (Fsp3) is 0.125. The van der Waals surface area contributed by atoms with Crippen molar-refractivity contribution >= 4 is 52.9 Å².